The Morgan fingerprint density at radius 2 is 1.63 bits per heavy atom. The molecule has 0 bridgehead atoms. The van der Waals surface area contributed by atoms with Gasteiger partial charge in [-0.25, -0.2) is 22.7 Å². The normalized spacial score (nSPS) is 11.9. The van der Waals surface area contributed by atoms with Crippen molar-refractivity contribution in [1.82, 2.24) is 9.97 Å². The Kier molecular flexibility index (Phi) is 6.31. The second-order valence-electron chi connectivity index (χ2n) is 6.43. The molecule has 3 rings (SSSR count). The van der Waals surface area contributed by atoms with E-state index in [9.17, 15) is 8.42 Å². The Hall–Kier alpha value is -3.46. The maximum Gasteiger partial charge on any atom is 0.271 e. The lowest BCUT2D eigenvalue weighted by atomic mass is 10.3. The van der Waals surface area contributed by atoms with Crippen molar-refractivity contribution in [3.63, 3.8) is 0 Å². The van der Waals surface area contributed by atoms with Gasteiger partial charge in [0, 0.05) is 11.4 Å². The van der Waals surface area contributed by atoms with E-state index in [1.165, 1.54) is 12.1 Å². The summed E-state index contributed by atoms with van der Waals surface area (Å²) < 4.78 is 33.2. The maximum absolute atomic E-state index is 13.4. The monoisotopic (exact) mass is 425 g/mol. The predicted molar refractivity (Wildman–Crippen MR) is 117 cm³/mol. The molecule has 2 N–H and O–H groups in total. The van der Waals surface area contributed by atoms with Gasteiger partial charge in [-0.2, -0.15) is 4.99 Å². The summed E-state index contributed by atoms with van der Waals surface area (Å²) in [5, 5.41) is 0. The highest BCUT2D eigenvalue weighted by atomic mass is 32.2. The largest absolute Gasteiger partial charge is 0.494 e. The number of anilines is 1. The van der Waals surface area contributed by atoms with Gasteiger partial charge in [-0.3, -0.25) is 0 Å². The lowest BCUT2D eigenvalue weighted by Crippen LogP contribution is -2.42. The van der Waals surface area contributed by atoms with Crippen LogP contribution in [0, 0.1) is 13.8 Å². The number of aliphatic imine (C=N–C) groups is 1. The third kappa shape index (κ3) is 4.74. The number of aromatic nitrogens is 2. The van der Waals surface area contributed by atoms with E-state index in [-0.39, 0.29) is 16.8 Å². The van der Waals surface area contributed by atoms with Crippen LogP contribution in [0.15, 0.2) is 70.6 Å². The summed E-state index contributed by atoms with van der Waals surface area (Å²) in [6, 6.07) is 16.4. The van der Waals surface area contributed by atoms with Crippen LogP contribution >= 0.6 is 0 Å². The van der Waals surface area contributed by atoms with Gasteiger partial charge in [0.25, 0.3) is 16.0 Å². The van der Waals surface area contributed by atoms with Gasteiger partial charge >= 0.3 is 0 Å². The Morgan fingerprint density at radius 3 is 2.20 bits per heavy atom. The first kappa shape index (κ1) is 21.3. The highest BCUT2D eigenvalue weighted by Crippen LogP contribution is 2.26. The van der Waals surface area contributed by atoms with Crippen LogP contribution in [-0.4, -0.2) is 31.0 Å². The number of sulfonamides is 1. The molecule has 8 nitrogen and oxygen atoms in total. The number of guanidine groups is 1. The topological polar surface area (TPSA) is 111 Å². The van der Waals surface area contributed by atoms with Gasteiger partial charge in [0.2, 0.25) is 5.96 Å². The molecule has 0 saturated heterocycles. The Labute approximate surface area is 176 Å². The fraction of sp³-hybridized carbons (Fsp3) is 0.190. The van der Waals surface area contributed by atoms with Crippen LogP contribution in [0.4, 0.5) is 11.6 Å². The molecule has 0 spiro atoms. The van der Waals surface area contributed by atoms with Gasteiger partial charge in [-0.1, -0.05) is 18.2 Å². The molecule has 3 aromatic rings. The van der Waals surface area contributed by atoms with Crippen molar-refractivity contribution >= 4 is 27.6 Å². The summed E-state index contributed by atoms with van der Waals surface area (Å²) in [6.45, 7) is 5.97. The van der Waals surface area contributed by atoms with E-state index in [1.54, 1.807) is 62.4 Å². The lowest BCUT2D eigenvalue weighted by molar-refractivity contribution is 0.340. The van der Waals surface area contributed by atoms with Crippen molar-refractivity contribution in [3.8, 4) is 5.75 Å². The van der Waals surface area contributed by atoms with Crippen molar-refractivity contribution in [2.45, 2.75) is 25.7 Å². The quantitative estimate of drug-likeness (QED) is 0.479. The number of hydrogen-bond donors (Lipinski definition) is 1. The molecule has 0 saturated carbocycles. The fourth-order valence-electron chi connectivity index (χ4n) is 2.84. The van der Waals surface area contributed by atoms with Gasteiger partial charge in [0.05, 0.1) is 17.2 Å². The average Bonchev–Trinajstić information content (AvgIpc) is 2.69. The summed E-state index contributed by atoms with van der Waals surface area (Å²) in [6.07, 6.45) is 0. The molecule has 1 aromatic heterocycles. The van der Waals surface area contributed by atoms with E-state index in [4.69, 9.17) is 10.5 Å². The minimum Gasteiger partial charge on any atom is -0.494 e. The highest BCUT2D eigenvalue weighted by molar-refractivity contribution is 7.93. The molecule has 0 aliphatic heterocycles. The minimum absolute atomic E-state index is 0.0818. The molecule has 0 radical (unpaired) electrons. The molecule has 0 fully saturated rings. The molecule has 0 aliphatic carbocycles. The number of nitrogens with zero attached hydrogens (tertiary/aromatic N) is 4. The van der Waals surface area contributed by atoms with Gasteiger partial charge < -0.3 is 10.5 Å². The second-order valence-corrected chi connectivity index (χ2v) is 8.22. The fourth-order valence-corrected chi connectivity index (χ4v) is 4.24. The highest BCUT2D eigenvalue weighted by Gasteiger charge is 2.28. The zero-order valence-corrected chi connectivity index (χ0v) is 17.8. The average molecular weight is 426 g/mol. The van der Waals surface area contributed by atoms with E-state index < -0.39 is 10.0 Å². The molecule has 30 heavy (non-hydrogen) atoms. The summed E-state index contributed by atoms with van der Waals surface area (Å²) >= 11 is 0. The SMILES string of the molecule is CCOc1ccc(N(C(N)=Nc2nc(C)cc(C)n2)S(=O)(=O)c2ccccc2)cc1. The van der Waals surface area contributed by atoms with Crippen LogP contribution in [0.3, 0.4) is 0 Å². The maximum atomic E-state index is 13.4. The van der Waals surface area contributed by atoms with Crippen LogP contribution in [0.5, 0.6) is 5.75 Å². The molecule has 1 heterocycles. The second kappa shape index (κ2) is 8.91. The third-order valence-corrected chi connectivity index (χ3v) is 5.80. The Morgan fingerprint density at radius 1 is 1.03 bits per heavy atom. The van der Waals surface area contributed by atoms with Crippen LogP contribution < -0.4 is 14.8 Å². The summed E-state index contributed by atoms with van der Waals surface area (Å²) in [5.74, 6) is 0.434. The van der Waals surface area contributed by atoms with Crippen molar-refractivity contribution in [2.75, 3.05) is 10.9 Å². The van der Waals surface area contributed by atoms with Crippen molar-refractivity contribution in [3.05, 3.63) is 72.1 Å². The number of ether oxygens (including phenoxy) is 1. The number of hydrogen-bond acceptors (Lipinski definition) is 6. The van der Waals surface area contributed by atoms with Crippen molar-refractivity contribution in [1.29, 1.82) is 0 Å². The first-order chi connectivity index (χ1) is 14.3. The van der Waals surface area contributed by atoms with Gasteiger partial charge in [0.1, 0.15) is 5.75 Å². The molecule has 9 heteroatoms. The summed E-state index contributed by atoms with van der Waals surface area (Å²) in [5.41, 5.74) is 7.90. The first-order valence-electron chi connectivity index (χ1n) is 9.31. The van der Waals surface area contributed by atoms with Crippen LogP contribution in [0.1, 0.15) is 18.3 Å². The number of rotatable bonds is 6. The molecule has 0 atom stereocenters. The van der Waals surface area contributed by atoms with Gasteiger partial charge in [-0.15, -0.1) is 0 Å². The van der Waals surface area contributed by atoms with E-state index in [0.717, 1.165) is 4.31 Å². The van der Waals surface area contributed by atoms with Crippen molar-refractivity contribution < 1.29 is 13.2 Å². The molecule has 2 aromatic carbocycles. The summed E-state index contributed by atoms with van der Waals surface area (Å²) in [4.78, 5) is 12.7. The Bertz CT molecular complexity index is 1130. The van der Waals surface area contributed by atoms with Crippen LogP contribution in [-0.2, 0) is 10.0 Å². The first-order valence-corrected chi connectivity index (χ1v) is 10.7. The minimum atomic E-state index is -4.04. The van der Waals surface area contributed by atoms with E-state index >= 15 is 0 Å². The van der Waals surface area contributed by atoms with Crippen LogP contribution in [0.2, 0.25) is 0 Å². The molecule has 0 amide bonds. The molecule has 156 valence electrons. The predicted octanol–water partition coefficient (Wildman–Crippen LogP) is 3.33. The number of nitrogens with two attached hydrogens (primary N) is 1. The lowest BCUT2D eigenvalue weighted by Gasteiger charge is -2.23. The smallest absolute Gasteiger partial charge is 0.271 e. The zero-order chi connectivity index (χ0) is 21.7. The van der Waals surface area contributed by atoms with E-state index in [2.05, 4.69) is 15.0 Å². The zero-order valence-electron chi connectivity index (χ0n) is 17.0. The Balaban J connectivity index is 2.12. The van der Waals surface area contributed by atoms with Crippen molar-refractivity contribution in [2.24, 2.45) is 10.7 Å². The molecule has 0 unspecified atom stereocenters. The van der Waals surface area contributed by atoms with E-state index in [0.29, 0.717) is 29.4 Å². The molecular weight excluding hydrogens is 402 g/mol. The van der Waals surface area contributed by atoms with E-state index in [1.807, 2.05) is 6.92 Å². The van der Waals surface area contributed by atoms with Gasteiger partial charge in [0.15, 0.2) is 0 Å². The number of benzene rings is 2. The molecular formula is C21H23N5O3S. The van der Waals surface area contributed by atoms with Gasteiger partial charge in [-0.05, 0) is 63.2 Å². The molecule has 0 aliphatic rings. The standard InChI is InChI=1S/C21H23N5O3S/c1-4-29-18-12-10-17(11-13-18)26(30(27,28)19-8-6-5-7-9-19)20(22)25-21-23-15(2)14-16(3)24-21/h5-14H,4H2,1-3H3,(H2,22,23,24,25). The van der Waals surface area contributed by atoms with Crippen LogP contribution in [0.25, 0.3) is 0 Å². The summed E-state index contributed by atoms with van der Waals surface area (Å²) in [7, 11) is -4.04. The third-order valence-electron chi connectivity index (χ3n) is 4.06. The number of aryl methyl sites for hydroxylation is 2.